The molecule has 19 heavy (non-hydrogen) atoms. The van der Waals surface area contributed by atoms with Gasteiger partial charge >= 0.3 is 0 Å². The fourth-order valence-corrected chi connectivity index (χ4v) is 2.82. The summed E-state index contributed by atoms with van der Waals surface area (Å²) in [5.41, 5.74) is 8.55. The Bertz CT molecular complexity index is 704. The number of hydrogen-bond donors (Lipinski definition) is 2. The van der Waals surface area contributed by atoms with Crippen LogP contribution in [0.2, 0.25) is 0 Å². The molecule has 0 radical (unpaired) electrons. The molecule has 0 spiro atoms. The first kappa shape index (κ1) is 12.0. The zero-order chi connectivity index (χ0) is 13.2. The molecule has 0 aliphatic rings. The number of nitrogens with two attached hydrogens (primary N) is 1. The van der Waals surface area contributed by atoms with Crippen LogP contribution in [0.25, 0.3) is 11.0 Å². The number of fused-ring (bicyclic) bond motifs is 1. The van der Waals surface area contributed by atoms with Crippen LogP contribution in [0, 0.1) is 0 Å². The van der Waals surface area contributed by atoms with Crippen LogP contribution in [0.1, 0.15) is 16.7 Å². The summed E-state index contributed by atoms with van der Waals surface area (Å²) >= 11 is 1.82. The van der Waals surface area contributed by atoms with Gasteiger partial charge in [0.2, 0.25) is 0 Å². The Balaban J connectivity index is 1.82. The molecule has 0 aliphatic carbocycles. The number of aryl methyl sites for hydroxylation is 1. The summed E-state index contributed by atoms with van der Waals surface area (Å²) in [5, 5.41) is 11.0. The van der Waals surface area contributed by atoms with Gasteiger partial charge in [-0.15, -0.1) is 11.3 Å². The maximum Gasteiger partial charge on any atom is 0.160 e. The summed E-state index contributed by atoms with van der Waals surface area (Å²) in [7, 11) is 0. The number of nitrogens with one attached hydrogen (secondary N) is 1. The lowest BCUT2D eigenvalue weighted by Gasteiger charge is -2.05. The Morgan fingerprint density at radius 2 is 1.95 bits per heavy atom. The van der Waals surface area contributed by atoms with Crippen LogP contribution in [0.3, 0.4) is 0 Å². The Morgan fingerprint density at radius 3 is 2.74 bits per heavy atom. The number of hydrogen-bond acceptors (Lipinski definition) is 6. The van der Waals surface area contributed by atoms with Crippen LogP contribution in [-0.2, 0) is 13.0 Å². The van der Waals surface area contributed by atoms with Gasteiger partial charge in [-0.25, -0.2) is 4.63 Å². The van der Waals surface area contributed by atoms with E-state index in [-0.39, 0.29) is 0 Å². The van der Waals surface area contributed by atoms with E-state index in [0.29, 0.717) is 16.7 Å². The highest BCUT2D eigenvalue weighted by Gasteiger charge is 2.09. The maximum absolute atomic E-state index is 5.81. The molecule has 6 heteroatoms. The smallest absolute Gasteiger partial charge is 0.160 e. The normalized spacial score (nSPS) is 11.0. The van der Waals surface area contributed by atoms with Gasteiger partial charge in [0, 0.05) is 16.3 Å². The van der Waals surface area contributed by atoms with Gasteiger partial charge in [0.05, 0.1) is 11.4 Å². The summed E-state index contributed by atoms with van der Waals surface area (Å²) < 4.78 is 4.74. The van der Waals surface area contributed by atoms with Crippen molar-refractivity contribution in [1.29, 1.82) is 0 Å². The van der Waals surface area contributed by atoms with Crippen molar-refractivity contribution in [1.82, 2.24) is 10.3 Å². The molecule has 0 fully saturated rings. The van der Waals surface area contributed by atoms with Crippen molar-refractivity contribution >= 4 is 33.7 Å². The average molecular weight is 274 g/mol. The van der Waals surface area contributed by atoms with E-state index in [1.807, 2.05) is 17.4 Å². The zero-order valence-electron chi connectivity index (χ0n) is 10.5. The van der Waals surface area contributed by atoms with E-state index < -0.39 is 0 Å². The SMILES string of the molecule is CCc1ccc(CNc2ccc(N)c3nonc23)s1. The topological polar surface area (TPSA) is 77.0 Å². The van der Waals surface area contributed by atoms with Gasteiger partial charge in [-0.1, -0.05) is 6.92 Å². The molecule has 3 rings (SSSR count). The van der Waals surface area contributed by atoms with Crippen molar-refractivity contribution in [2.45, 2.75) is 19.9 Å². The van der Waals surface area contributed by atoms with Gasteiger partial charge in [-0.2, -0.15) is 0 Å². The number of thiophene rings is 1. The Hall–Kier alpha value is -2.08. The molecule has 98 valence electrons. The first-order chi connectivity index (χ1) is 9.28. The van der Waals surface area contributed by atoms with Crippen molar-refractivity contribution in [3.05, 3.63) is 34.0 Å². The summed E-state index contributed by atoms with van der Waals surface area (Å²) in [6.07, 6.45) is 1.07. The van der Waals surface area contributed by atoms with E-state index in [1.54, 1.807) is 6.07 Å². The fraction of sp³-hybridized carbons (Fsp3) is 0.231. The van der Waals surface area contributed by atoms with Crippen LogP contribution < -0.4 is 11.1 Å². The van der Waals surface area contributed by atoms with Crippen LogP contribution in [0.15, 0.2) is 28.9 Å². The van der Waals surface area contributed by atoms with Gasteiger partial charge in [-0.3, -0.25) is 0 Å². The molecule has 3 aromatic rings. The van der Waals surface area contributed by atoms with Crippen molar-refractivity contribution < 1.29 is 4.63 Å². The molecular weight excluding hydrogens is 260 g/mol. The summed E-state index contributed by atoms with van der Waals surface area (Å²) in [6, 6.07) is 8.01. The van der Waals surface area contributed by atoms with E-state index in [0.717, 1.165) is 18.7 Å². The molecule has 0 aliphatic heterocycles. The highest BCUT2D eigenvalue weighted by molar-refractivity contribution is 7.12. The number of rotatable bonds is 4. The van der Waals surface area contributed by atoms with Crippen molar-refractivity contribution in [2.24, 2.45) is 0 Å². The van der Waals surface area contributed by atoms with Crippen LogP contribution in [0.4, 0.5) is 11.4 Å². The predicted octanol–water partition coefficient (Wildman–Crippen LogP) is 3.04. The molecule has 0 saturated heterocycles. The lowest BCUT2D eigenvalue weighted by molar-refractivity contribution is 0.316. The number of aromatic nitrogens is 2. The van der Waals surface area contributed by atoms with Crippen molar-refractivity contribution in [3.8, 4) is 0 Å². The first-order valence-corrected chi connectivity index (χ1v) is 6.91. The predicted molar refractivity (Wildman–Crippen MR) is 77.2 cm³/mol. The molecule has 0 atom stereocenters. The average Bonchev–Trinajstić information content (AvgIpc) is 3.07. The minimum absolute atomic E-state index is 0.575. The second-order valence-electron chi connectivity index (χ2n) is 4.24. The lowest BCUT2D eigenvalue weighted by Crippen LogP contribution is -1.99. The van der Waals surface area contributed by atoms with Crippen LogP contribution >= 0.6 is 11.3 Å². The highest BCUT2D eigenvalue weighted by atomic mass is 32.1. The van der Waals surface area contributed by atoms with E-state index in [1.165, 1.54) is 9.75 Å². The van der Waals surface area contributed by atoms with E-state index in [2.05, 4.69) is 34.7 Å². The molecule has 0 saturated carbocycles. The molecule has 0 bridgehead atoms. The van der Waals surface area contributed by atoms with Gasteiger partial charge in [0.25, 0.3) is 0 Å². The van der Waals surface area contributed by atoms with Gasteiger partial charge in [-0.05, 0) is 41.0 Å². The standard InChI is InChI=1S/C13H14N4OS/c1-2-8-3-4-9(19-8)7-15-11-6-5-10(14)12-13(11)17-18-16-12/h3-6,15H,2,7,14H2,1H3. The van der Waals surface area contributed by atoms with E-state index >= 15 is 0 Å². The van der Waals surface area contributed by atoms with Gasteiger partial charge in [0.15, 0.2) is 11.0 Å². The van der Waals surface area contributed by atoms with Gasteiger partial charge < -0.3 is 11.1 Å². The minimum Gasteiger partial charge on any atom is -0.397 e. The third-order valence-electron chi connectivity index (χ3n) is 2.97. The Morgan fingerprint density at radius 1 is 1.16 bits per heavy atom. The van der Waals surface area contributed by atoms with Crippen LogP contribution in [0.5, 0.6) is 0 Å². The molecule has 2 heterocycles. The van der Waals surface area contributed by atoms with E-state index in [4.69, 9.17) is 10.4 Å². The fourth-order valence-electron chi connectivity index (χ4n) is 1.92. The highest BCUT2D eigenvalue weighted by Crippen LogP contribution is 2.26. The number of nitrogen functional groups attached to an aromatic ring is 1. The molecular formula is C13H14N4OS. The summed E-state index contributed by atoms with van der Waals surface area (Å²) in [6.45, 7) is 2.92. The molecule has 3 N–H and O–H groups in total. The summed E-state index contributed by atoms with van der Waals surface area (Å²) in [4.78, 5) is 2.68. The molecule has 2 aromatic heterocycles. The lowest BCUT2D eigenvalue weighted by atomic mass is 10.2. The van der Waals surface area contributed by atoms with E-state index in [9.17, 15) is 0 Å². The molecule has 5 nitrogen and oxygen atoms in total. The number of anilines is 2. The quantitative estimate of drug-likeness (QED) is 0.715. The largest absolute Gasteiger partial charge is 0.397 e. The monoisotopic (exact) mass is 274 g/mol. The minimum atomic E-state index is 0.575. The number of benzene rings is 1. The second kappa shape index (κ2) is 4.89. The first-order valence-electron chi connectivity index (χ1n) is 6.10. The molecule has 1 aromatic carbocycles. The molecule has 0 amide bonds. The third-order valence-corrected chi connectivity index (χ3v) is 4.20. The number of nitrogens with zero attached hydrogens (tertiary/aromatic N) is 2. The van der Waals surface area contributed by atoms with Crippen molar-refractivity contribution in [2.75, 3.05) is 11.1 Å². The summed E-state index contributed by atoms with van der Waals surface area (Å²) in [5.74, 6) is 0. The molecule has 0 unspecified atom stereocenters. The van der Waals surface area contributed by atoms with Crippen LogP contribution in [-0.4, -0.2) is 10.3 Å². The van der Waals surface area contributed by atoms with Gasteiger partial charge in [0.1, 0.15) is 0 Å². The zero-order valence-corrected chi connectivity index (χ0v) is 11.3. The third kappa shape index (κ3) is 2.26. The maximum atomic E-state index is 5.81. The van der Waals surface area contributed by atoms with Crippen molar-refractivity contribution in [3.63, 3.8) is 0 Å². The second-order valence-corrected chi connectivity index (χ2v) is 5.49. The Labute approximate surface area is 114 Å². The Kier molecular flexibility index (Phi) is 3.08.